The van der Waals surface area contributed by atoms with Crippen molar-refractivity contribution in [1.29, 1.82) is 0 Å². The van der Waals surface area contributed by atoms with Gasteiger partial charge in [0, 0.05) is 5.02 Å². The van der Waals surface area contributed by atoms with Crippen LogP contribution in [0.4, 0.5) is 0 Å². The molecule has 0 heterocycles. The van der Waals surface area contributed by atoms with Crippen LogP contribution >= 0.6 is 11.6 Å². The largest absolute Gasteiger partial charge is 0.543 e. The Balaban J connectivity index is 1.59. The van der Waals surface area contributed by atoms with Crippen molar-refractivity contribution < 1.29 is 24.2 Å². The predicted octanol–water partition coefficient (Wildman–Crippen LogP) is 3.82. The highest BCUT2D eigenvalue weighted by atomic mass is 35.5. The monoisotopic (exact) mass is 464 g/mol. The number of amides is 1. The average molecular weight is 465 g/mol. The van der Waals surface area contributed by atoms with E-state index >= 15 is 0 Å². The van der Waals surface area contributed by atoms with Gasteiger partial charge in [0.25, 0.3) is 5.91 Å². The molecule has 33 heavy (non-hydrogen) atoms. The lowest BCUT2D eigenvalue weighted by atomic mass is 10.1. The zero-order chi connectivity index (χ0) is 23.8. The number of hydrogen-bond donors (Lipinski definition) is 1. The number of carbonyl (C=O) groups excluding carboxylic acids is 2. The van der Waals surface area contributed by atoms with Gasteiger partial charge in [-0.15, -0.1) is 0 Å². The third kappa shape index (κ3) is 7.12. The van der Waals surface area contributed by atoms with E-state index in [2.05, 4.69) is 5.32 Å². The highest BCUT2D eigenvalue weighted by molar-refractivity contribution is 6.32. The number of aryl methyl sites for hydroxylation is 2. The molecule has 1 amide bonds. The van der Waals surface area contributed by atoms with Crippen LogP contribution in [-0.4, -0.2) is 18.5 Å². The number of halogens is 1. The number of nitrogens with one attached hydrogen (secondary N) is 1. The SMILES string of the molecule is Cc1cc(OCC(=O)N/C(=C/c2ccc(OCc3ccccc3)cc2)C(=O)[O-])cc(C)c1Cl. The summed E-state index contributed by atoms with van der Waals surface area (Å²) in [4.78, 5) is 23.7. The number of hydrogen-bond acceptors (Lipinski definition) is 5. The van der Waals surface area contributed by atoms with Gasteiger partial charge >= 0.3 is 0 Å². The minimum atomic E-state index is -1.51. The lowest BCUT2D eigenvalue weighted by Crippen LogP contribution is -2.37. The molecule has 0 spiro atoms. The van der Waals surface area contributed by atoms with Crippen molar-refractivity contribution in [3.63, 3.8) is 0 Å². The fourth-order valence-electron chi connectivity index (χ4n) is 3.04. The zero-order valence-electron chi connectivity index (χ0n) is 18.3. The fraction of sp³-hybridized carbons (Fsp3) is 0.154. The molecule has 6 nitrogen and oxygen atoms in total. The van der Waals surface area contributed by atoms with Crippen molar-refractivity contribution in [3.05, 3.63) is 99.7 Å². The van der Waals surface area contributed by atoms with Crippen molar-refractivity contribution in [1.82, 2.24) is 5.32 Å². The van der Waals surface area contributed by atoms with Gasteiger partial charge in [-0.1, -0.05) is 54.1 Å². The number of carboxylic acids is 1. The normalized spacial score (nSPS) is 11.1. The summed E-state index contributed by atoms with van der Waals surface area (Å²) >= 11 is 6.13. The third-order valence-corrected chi connectivity index (χ3v) is 5.31. The van der Waals surface area contributed by atoms with Gasteiger partial charge in [-0.05, 0) is 66.4 Å². The van der Waals surface area contributed by atoms with Crippen molar-refractivity contribution in [2.75, 3.05) is 6.61 Å². The van der Waals surface area contributed by atoms with Crippen LogP contribution < -0.4 is 19.9 Å². The van der Waals surface area contributed by atoms with E-state index in [0.29, 0.717) is 28.7 Å². The smallest absolute Gasteiger partial charge is 0.262 e. The highest BCUT2D eigenvalue weighted by Crippen LogP contribution is 2.25. The van der Waals surface area contributed by atoms with E-state index in [-0.39, 0.29) is 12.3 Å². The molecule has 0 atom stereocenters. The second kappa shape index (κ2) is 11.2. The van der Waals surface area contributed by atoms with Crippen LogP contribution in [0.5, 0.6) is 11.5 Å². The van der Waals surface area contributed by atoms with Crippen LogP contribution in [0.3, 0.4) is 0 Å². The van der Waals surface area contributed by atoms with E-state index in [1.54, 1.807) is 36.4 Å². The van der Waals surface area contributed by atoms with Gasteiger partial charge < -0.3 is 24.7 Å². The minimum absolute atomic E-state index is 0.364. The highest BCUT2D eigenvalue weighted by Gasteiger charge is 2.09. The summed E-state index contributed by atoms with van der Waals surface area (Å²) in [5.74, 6) is -1.03. The molecule has 0 aromatic heterocycles. The van der Waals surface area contributed by atoms with Gasteiger partial charge in [0.1, 0.15) is 18.1 Å². The van der Waals surface area contributed by atoms with Crippen LogP contribution in [0.1, 0.15) is 22.3 Å². The molecule has 0 radical (unpaired) electrons. The maximum absolute atomic E-state index is 12.2. The van der Waals surface area contributed by atoms with E-state index < -0.39 is 11.9 Å². The quantitative estimate of drug-likeness (QED) is 0.486. The van der Waals surface area contributed by atoms with Crippen LogP contribution in [0.15, 0.2) is 72.4 Å². The summed E-state index contributed by atoms with van der Waals surface area (Å²) in [5.41, 5.74) is 2.86. The molecule has 170 valence electrons. The van der Waals surface area contributed by atoms with Crippen molar-refractivity contribution >= 4 is 29.6 Å². The third-order valence-electron chi connectivity index (χ3n) is 4.71. The molecule has 0 aliphatic heterocycles. The van der Waals surface area contributed by atoms with E-state index in [1.807, 2.05) is 44.2 Å². The summed E-state index contributed by atoms with van der Waals surface area (Å²) < 4.78 is 11.2. The van der Waals surface area contributed by atoms with Gasteiger partial charge in [0.15, 0.2) is 6.61 Å². The molecule has 1 N–H and O–H groups in total. The van der Waals surface area contributed by atoms with Crippen molar-refractivity contribution in [3.8, 4) is 11.5 Å². The van der Waals surface area contributed by atoms with Crippen molar-refractivity contribution in [2.24, 2.45) is 0 Å². The Bertz CT molecular complexity index is 1130. The van der Waals surface area contributed by atoms with Gasteiger partial charge in [0.2, 0.25) is 0 Å². The Labute approximate surface area is 197 Å². The van der Waals surface area contributed by atoms with E-state index in [0.717, 1.165) is 16.7 Å². The number of rotatable bonds is 9. The molecule has 0 unspecified atom stereocenters. The molecule has 7 heteroatoms. The first-order valence-corrected chi connectivity index (χ1v) is 10.6. The Hall–Kier alpha value is -3.77. The summed E-state index contributed by atoms with van der Waals surface area (Å²) in [7, 11) is 0. The first-order valence-electron chi connectivity index (χ1n) is 10.2. The molecule has 0 bridgehead atoms. The van der Waals surface area contributed by atoms with Crippen LogP contribution in [0.2, 0.25) is 5.02 Å². The predicted molar refractivity (Wildman–Crippen MR) is 125 cm³/mol. The van der Waals surface area contributed by atoms with Crippen LogP contribution in [0.25, 0.3) is 6.08 Å². The molecule has 0 fully saturated rings. The summed E-state index contributed by atoms with van der Waals surface area (Å²) in [6.07, 6.45) is 1.31. The molecular formula is C26H23ClNO5-. The van der Waals surface area contributed by atoms with Crippen LogP contribution in [-0.2, 0) is 16.2 Å². The molecule has 3 rings (SSSR count). The molecule has 3 aromatic rings. The number of carbonyl (C=O) groups is 2. The molecule has 0 aliphatic carbocycles. The second-order valence-corrected chi connectivity index (χ2v) is 7.77. The van der Waals surface area contributed by atoms with E-state index in [1.165, 1.54) is 6.08 Å². The summed E-state index contributed by atoms with van der Waals surface area (Å²) in [6.45, 7) is 3.72. The number of ether oxygens (including phenoxy) is 2. The minimum Gasteiger partial charge on any atom is -0.543 e. The molecule has 3 aromatic carbocycles. The number of carboxylic acid groups (broad SMARTS) is 1. The van der Waals surface area contributed by atoms with E-state index in [4.69, 9.17) is 21.1 Å². The first kappa shape index (κ1) is 23.9. The fourth-order valence-corrected chi connectivity index (χ4v) is 3.15. The van der Waals surface area contributed by atoms with E-state index in [9.17, 15) is 14.7 Å². The molecular weight excluding hydrogens is 442 g/mol. The Kier molecular flexibility index (Phi) is 8.11. The number of benzene rings is 3. The van der Waals surface area contributed by atoms with Gasteiger partial charge in [-0.2, -0.15) is 0 Å². The first-order chi connectivity index (χ1) is 15.8. The summed E-state index contributed by atoms with van der Waals surface area (Å²) in [5, 5.41) is 14.4. The second-order valence-electron chi connectivity index (χ2n) is 7.40. The average Bonchev–Trinajstić information content (AvgIpc) is 2.80. The maximum Gasteiger partial charge on any atom is 0.262 e. The standard InChI is InChI=1S/C26H24ClNO5/c1-17-12-22(13-18(2)25(17)27)33-16-24(29)28-23(26(30)31)14-19-8-10-21(11-9-19)32-15-20-6-4-3-5-7-20/h3-14H,15-16H2,1-2H3,(H,28,29)(H,30,31)/p-1/b23-14+. The molecule has 0 saturated heterocycles. The zero-order valence-corrected chi connectivity index (χ0v) is 19.0. The van der Waals surface area contributed by atoms with Gasteiger partial charge in [0.05, 0.1) is 11.7 Å². The topological polar surface area (TPSA) is 87.7 Å². The van der Waals surface area contributed by atoms with Gasteiger partial charge in [-0.3, -0.25) is 4.79 Å². The van der Waals surface area contributed by atoms with Crippen molar-refractivity contribution in [2.45, 2.75) is 20.5 Å². The maximum atomic E-state index is 12.2. The molecule has 0 saturated carbocycles. The van der Waals surface area contributed by atoms with Crippen LogP contribution in [0, 0.1) is 13.8 Å². The lowest BCUT2D eigenvalue weighted by Gasteiger charge is -2.13. The Morgan fingerprint density at radius 1 is 0.939 bits per heavy atom. The Morgan fingerprint density at radius 2 is 1.58 bits per heavy atom. The number of aliphatic carboxylic acids is 1. The summed E-state index contributed by atoms with van der Waals surface area (Å²) in [6, 6.07) is 20.0. The Morgan fingerprint density at radius 3 is 2.18 bits per heavy atom. The lowest BCUT2D eigenvalue weighted by molar-refractivity contribution is -0.299. The van der Waals surface area contributed by atoms with Gasteiger partial charge in [-0.25, -0.2) is 0 Å². The molecule has 0 aliphatic rings.